The predicted molar refractivity (Wildman–Crippen MR) is 44.5 cm³/mol. The molecule has 6 N–H and O–H groups in total. The third-order valence-corrected chi connectivity index (χ3v) is 2.21. The van der Waals surface area contributed by atoms with Crippen LogP contribution in [0.1, 0.15) is 6.92 Å². The first-order valence-electron chi connectivity index (χ1n) is 4.21. The van der Waals surface area contributed by atoms with Gasteiger partial charge >= 0.3 is 0 Å². The van der Waals surface area contributed by atoms with Crippen LogP contribution in [0.2, 0.25) is 0 Å². The van der Waals surface area contributed by atoms with Crippen molar-refractivity contribution in [2.45, 2.75) is 37.6 Å². The van der Waals surface area contributed by atoms with Gasteiger partial charge in [-0.3, -0.25) is 5.32 Å². The van der Waals surface area contributed by atoms with E-state index in [2.05, 4.69) is 5.32 Å². The van der Waals surface area contributed by atoms with E-state index in [4.69, 9.17) is 10.5 Å². The van der Waals surface area contributed by atoms with Crippen LogP contribution in [-0.2, 0) is 4.74 Å². The van der Waals surface area contributed by atoms with Gasteiger partial charge in [0.05, 0.1) is 12.1 Å². The van der Waals surface area contributed by atoms with Crippen LogP contribution in [0.4, 0.5) is 0 Å². The summed E-state index contributed by atoms with van der Waals surface area (Å²) < 4.78 is 4.96. The van der Waals surface area contributed by atoms with Crippen molar-refractivity contribution >= 4 is 0 Å². The highest BCUT2D eigenvalue weighted by Gasteiger charge is 2.41. The lowest BCUT2D eigenvalue weighted by Gasteiger charge is -2.39. The summed E-state index contributed by atoms with van der Waals surface area (Å²) in [6.07, 6.45) is -3.80. The maximum Gasteiger partial charge on any atom is 0.173 e. The fourth-order valence-corrected chi connectivity index (χ4v) is 1.40. The molecular formula is C7H16N2O4. The molecule has 1 heterocycles. The molecule has 0 spiro atoms. The second-order valence-corrected chi connectivity index (χ2v) is 3.15. The normalized spacial score (nSPS) is 46.4. The smallest absolute Gasteiger partial charge is 0.173 e. The zero-order valence-corrected chi connectivity index (χ0v) is 7.42. The molecule has 0 aliphatic carbocycles. The van der Waals surface area contributed by atoms with Gasteiger partial charge in [0.1, 0.15) is 12.2 Å². The molecule has 0 aromatic carbocycles. The minimum absolute atomic E-state index is 0.100. The monoisotopic (exact) mass is 192 g/mol. The first-order valence-corrected chi connectivity index (χ1v) is 4.21. The van der Waals surface area contributed by atoms with E-state index in [0.717, 1.165) is 0 Å². The van der Waals surface area contributed by atoms with Gasteiger partial charge in [-0.1, -0.05) is 0 Å². The molecule has 1 rings (SSSR count). The highest BCUT2D eigenvalue weighted by atomic mass is 16.6. The standard InChI is InChI=1S/C7H16N2O4/c1-3-5(10)6(11)4(9-2-8)7(12)13-3/h3-7,9-12H,2,8H2,1H3/t3-,4-,5+,6-,7?/m1/s1. The number of hydrogen-bond donors (Lipinski definition) is 5. The Bertz CT molecular complexity index is 169. The summed E-state index contributed by atoms with van der Waals surface area (Å²) in [5, 5.41) is 30.9. The molecule has 1 saturated heterocycles. The van der Waals surface area contributed by atoms with Crippen LogP contribution in [0.25, 0.3) is 0 Å². The van der Waals surface area contributed by atoms with Gasteiger partial charge in [0.15, 0.2) is 6.29 Å². The molecule has 0 saturated carbocycles. The van der Waals surface area contributed by atoms with E-state index >= 15 is 0 Å². The zero-order chi connectivity index (χ0) is 10.0. The summed E-state index contributed by atoms with van der Waals surface area (Å²) >= 11 is 0. The molecule has 1 fully saturated rings. The van der Waals surface area contributed by atoms with Gasteiger partial charge in [-0.25, -0.2) is 0 Å². The van der Waals surface area contributed by atoms with Crippen molar-refractivity contribution in [3.8, 4) is 0 Å². The summed E-state index contributed by atoms with van der Waals surface area (Å²) in [4.78, 5) is 0. The number of ether oxygens (including phenoxy) is 1. The maximum absolute atomic E-state index is 9.50. The van der Waals surface area contributed by atoms with E-state index < -0.39 is 30.6 Å². The second-order valence-electron chi connectivity index (χ2n) is 3.15. The van der Waals surface area contributed by atoms with Crippen molar-refractivity contribution in [2.75, 3.05) is 6.67 Å². The Kier molecular flexibility index (Phi) is 3.60. The molecule has 0 bridgehead atoms. The lowest BCUT2D eigenvalue weighted by molar-refractivity contribution is -0.242. The molecule has 6 heteroatoms. The van der Waals surface area contributed by atoms with Gasteiger partial charge < -0.3 is 25.8 Å². The van der Waals surface area contributed by atoms with E-state index in [0.29, 0.717) is 0 Å². The molecule has 0 aromatic heterocycles. The number of aliphatic hydroxyl groups excluding tert-OH is 3. The number of nitrogens with one attached hydrogen (secondary N) is 1. The zero-order valence-electron chi connectivity index (χ0n) is 7.42. The first-order chi connectivity index (χ1) is 6.07. The SMILES string of the molecule is C[C@H]1OC(O)[C@H](NCN)[C@@H](O)[C@H]1O. The van der Waals surface area contributed by atoms with E-state index in [1.807, 2.05) is 0 Å². The lowest BCUT2D eigenvalue weighted by atomic mass is 9.98. The van der Waals surface area contributed by atoms with Crippen molar-refractivity contribution in [3.63, 3.8) is 0 Å². The summed E-state index contributed by atoms with van der Waals surface area (Å²) in [5.74, 6) is 0. The van der Waals surface area contributed by atoms with Gasteiger partial charge in [-0.2, -0.15) is 0 Å². The first kappa shape index (κ1) is 10.8. The summed E-state index contributed by atoms with van der Waals surface area (Å²) in [6.45, 7) is 1.68. The Hall–Kier alpha value is -0.240. The van der Waals surface area contributed by atoms with Gasteiger partial charge in [0.2, 0.25) is 0 Å². The summed E-state index contributed by atoms with van der Waals surface area (Å²) in [7, 11) is 0. The van der Waals surface area contributed by atoms with Crippen molar-refractivity contribution < 1.29 is 20.1 Å². The third kappa shape index (κ3) is 2.16. The molecule has 0 amide bonds. The largest absolute Gasteiger partial charge is 0.388 e. The van der Waals surface area contributed by atoms with Crippen LogP contribution >= 0.6 is 0 Å². The van der Waals surface area contributed by atoms with Crippen LogP contribution in [0.5, 0.6) is 0 Å². The minimum Gasteiger partial charge on any atom is -0.388 e. The van der Waals surface area contributed by atoms with Gasteiger partial charge in [-0.15, -0.1) is 0 Å². The fraction of sp³-hybridized carbons (Fsp3) is 1.00. The van der Waals surface area contributed by atoms with Crippen LogP contribution in [0, 0.1) is 0 Å². The van der Waals surface area contributed by atoms with E-state index in [1.54, 1.807) is 6.92 Å². The van der Waals surface area contributed by atoms with E-state index in [1.165, 1.54) is 0 Å². The topological polar surface area (TPSA) is 108 Å². The third-order valence-electron chi connectivity index (χ3n) is 2.21. The fourth-order valence-electron chi connectivity index (χ4n) is 1.40. The van der Waals surface area contributed by atoms with E-state index in [9.17, 15) is 15.3 Å². The highest BCUT2D eigenvalue weighted by molar-refractivity contribution is 4.90. The summed E-state index contributed by atoms with van der Waals surface area (Å²) in [5.41, 5.74) is 5.19. The molecule has 5 atom stereocenters. The Morgan fingerprint density at radius 1 is 1.31 bits per heavy atom. The van der Waals surface area contributed by atoms with Gasteiger partial charge in [0, 0.05) is 6.67 Å². The molecular weight excluding hydrogens is 176 g/mol. The van der Waals surface area contributed by atoms with Gasteiger partial charge in [-0.05, 0) is 6.92 Å². The average molecular weight is 192 g/mol. The number of rotatable bonds is 2. The van der Waals surface area contributed by atoms with Crippen molar-refractivity contribution in [1.82, 2.24) is 5.32 Å². The van der Waals surface area contributed by atoms with Crippen molar-refractivity contribution in [3.05, 3.63) is 0 Å². The van der Waals surface area contributed by atoms with Crippen molar-refractivity contribution in [1.29, 1.82) is 0 Å². The lowest BCUT2D eigenvalue weighted by Crippen LogP contribution is -2.62. The molecule has 0 radical (unpaired) electrons. The maximum atomic E-state index is 9.50. The summed E-state index contributed by atoms with van der Waals surface area (Å²) in [6, 6.07) is -0.740. The van der Waals surface area contributed by atoms with Gasteiger partial charge in [0.25, 0.3) is 0 Å². The second kappa shape index (κ2) is 4.32. The Balaban J connectivity index is 2.61. The average Bonchev–Trinajstić information content (AvgIpc) is 2.09. The van der Waals surface area contributed by atoms with Crippen LogP contribution < -0.4 is 11.1 Å². The quantitative estimate of drug-likeness (QED) is 0.305. The minimum atomic E-state index is -1.14. The Morgan fingerprint density at radius 2 is 1.92 bits per heavy atom. The Labute approximate surface area is 76.3 Å². The van der Waals surface area contributed by atoms with Crippen molar-refractivity contribution in [2.24, 2.45) is 5.73 Å². The van der Waals surface area contributed by atoms with Crippen LogP contribution in [0.3, 0.4) is 0 Å². The highest BCUT2D eigenvalue weighted by Crippen LogP contribution is 2.18. The van der Waals surface area contributed by atoms with Crippen LogP contribution in [-0.4, -0.2) is 52.6 Å². The molecule has 13 heavy (non-hydrogen) atoms. The molecule has 1 aliphatic rings. The number of hydrogen-bond acceptors (Lipinski definition) is 6. The molecule has 1 aliphatic heterocycles. The molecule has 78 valence electrons. The number of nitrogens with two attached hydrogens (primary N) is 1. The molecule has 1 unspecified atom stereocenters. The molecule has 0 aromatic rings. The number of aliphatic hydroxyl groups is 3. The Morgan fingerprint density at radius 3 is 2.46 bits per heavy atom. The predicted octanol–water partition coefficient (Wildman–Crippen LogP) is -2.68. The molecule has 6 nitrogen and oxygen atoms in total. The van der Waals surface area contributed by atoms with Crippen LogP contribution in [0.15, 0.2) is 0 Å². The van der Waals surface area contributed by atoms with E-state index in [-0.39, 0.29) is 6.67 Å².